The van der Waals surface area contributed by atoms with E-state index in [2.05, 4.69) is 5.32 Å². The average Bonchev–Trinajstić information content (AvgIpc) is 2.66. The van der Waals surface area contributed by atoms with Crippen molar-refractivity contribution in [1.82, 2.24) is 0 Å². The number of rotatable bonds is 7. The molecule has 0 saturated carbocycles. The van der Waals surface area contributed by atoms with Crippen molar-refractivity contribution >= 4 is 17.6 Å². The number of nitrogens with one attached hydrogen (secondary N) is 1. The molecule has 1 N–H and O–H groups in total. The van der Waals surface area contributed by atoms with Gasteiger partial charge in [-0.1, -0.05) is 31.2 Å². The number of methoxy groups -OCH3 is 2. The molecule has 0 aliphatic carbocycles. The van der Waals surface area contributed by atoms with E-state index in [1.54, 1.807) is 42.5 Å². The topological polar surface area (TPSA) is 73.9 Å². The quantitative estimate of drug-likeness (QED) is 0.781. The van der Waals surface area contributed by atoms with Crippen LogP contribution in [0.3, 0.4) is 0 Å². The lowest BCUT2D eigenvalue weighted by Crippen LogP contribution is -2.33. The van der Waals surface area contributed by atoms with Gasteiger partial charge in [-0.05, 0) is 30.7 Å². The number of esters is 1. The van der Waals surface area contributed by atoms with Gasteiger partial charge in [0.2, 0.25) is 0 Å². The van der Waals surface area contributed by atoms with Crippen molar-refractivity contribution in [3.05, 3.63) is 54.1 Å². The van der Waals surface area contributed by atoms with Crippen LogP contribution in [0.25, 0.3) is 0 Å². The van der Waals surface area contributed by atoms with E-state index in [0.29, 0.717) is 23.6 Å². The highest BCUT2D eigenvalue weighted by Crippen LogP contribution is 2.27. The second-order valence-corrected chi connectivity index (χ2v) is 5.19. The molecule has 0 fully saturated rings. The highest BCUT2D eigenvalue weighted by molar-refractivity contribution is 6.02. The third kappa shape index (κ3) is 4.50. The number of hydrogen-bond acceptors (Lipinski definition) is 5. The van der Waals surface area contributed by atoms with Crippen LogP contribution in [0.2, 0.25) is 0 Å². The zero-order chi connectivity index (χ0) is 18.2. The average molecular weight is 343 g/mol. The van der Waals surface area contributed by atoms with E-state index < -0.39 is 12.1 Å². The maximum Gasteiger partial charge on any atom is 0.339 e. The van der Waals surface area contributed by atoms with Crippen LogP contribution in [0, 0.1) is 0 Å². The molecule has 0 aliphatic rings. The molecule has 1 amide bonds. The van der Waals surface area contributed by atoms with Crippen LogP contribution in [-0.2, 0) is 9.53 Å². The molecule has 2 aromatic carbocycles. The second kappa shape index (κ2) is 8.73. The van der Waals surface area contributed by atoms with Crippen molar-refractivity contribution in [2.24, 2.45) is 0 Å². The Balaban J connectivity index is 2.17. The highest BCUT2D eigenvalue weighted by Gasteiger charge is 2.22. The maximum absolute atomic E-state index is 12.6. The zero-order valence-electron chi connectivity index (χ0n) is 14.4. The molecule has 0 saturated heterocycles. The van der Waals surface area contributed by atoms with Gasteiger partial charge in [-0.2, -0.15) is 0 Å². The molecule has 0 unspecified atom stereocenters. The predicted molar refractivity (Wildman–Crippen MR) is 94.1 cm³/mol. The minimum atomic E-state index is -0.734. The summed E-state index contributed by atoms with van der Waals surface area (Å²) in [6, 6.07) is 13.8. The fraction of sp³-hybridized carbons (Fsp3) is 0.263. The molecule has 0 aromatic heterocycles. The number of hydrogen-bond donors (Lipinski definition) is 1. The Morgan fingerprint density at radius 1 is 1.00 bits per heavy atom. The van der Waals surface area contributed by atoms with Crippen LogP contribution < -0.4 is 14.8 Å². The number of amides is 1. The largest absolute Gasteiger partial charge is 0.493 e. The Hall–Kier alpha value is -3.02. The summed E-state index contributed by atoms with van der Waals surface area (Å²) in [7, 11) is 2.83. The molecule has 0 spiro atoms. The number of para-hydroxylation sites is 3. The Bertz CT molecular complexity index is 744. The van der Waals surface area contributed by atoms with Gasteiger partial charge in [-0.25, -0.2) is 4.79 Å². The Morgan fingerprint density at radius 2 is 1.64 bits per heavy atom. The first kappa shape index (κ1) is 18.3. The van der Waals surface area contributed by atoms with E-state index >= 15 is 0 Å². The van der Waals surface area contributed by atoms with Crippen LogP contribution in [-0.4, -0.2) is 32.2 Å². The summed E-state index contributed by atoms with van der Waals surface area (Å²) < 4.78 is 15.8. The van der Waals surface area contributed by atoms with Crippen LogP contribution in [0.4, 0.5) is 5.69 Å². The van der Waals surface area contributed by atoms with Crippen LogP contribution in [0.15, 0.2) is 48.5 Å². The van der Waals surface area contributed by atoms with E-state index in [0.717, 1.165) is 0 Å². The minimum Gasteiger partial charge on any atom is -0.493 e. The number of anilines is 1. The molecule has 0 radical (unpaired) electrons. The molecule has 1 atom stereocenters. The second-order valence-electron chi connectivity index (χ2n) is 5.19. The molecule has 2 rings (SSSR count). The van der Waals surface area contributed by atoms with Crippen molar-refractivity contribution in [1.29, 1.82) is 0 Å². The molecule has 0 bridgehead atoms. The lowest BCUT2D eigenvalue weighted by atomic mass is 10.1. The first-order chi connectivity index (χ1) is 12.1. The first-order valence-corrected chi connectivity index (χ1v) is 7.88. The molecule has 6 nitrogen and oxygen atoms in total. The van der Waals surface area contributed by atoms with Crippen molar-refractivity contribution in [2.45, 2.75) is 19.4 Å². The summed E-state index contributed by atoms with van der Waals surface area (Å²) >= 11 is 0. The zero-order valence-corrected chi connectivity index (χ0v) is 14.4. The Labute approximate surface area is 146 Å². The Morgan fingerprint density at radius 3 is 2.28 bits per heavy atom. The number of ether oxygens (including phenoxy) is 3. The van der Waals surface area contributed by atoms with Gasteiger partial charge in [-0.15, -0.1) is 0 Å². The van der Waals surface area contributed by atoms with Gasteiger partial charge in [-0.3, -0.25) is 4.79 Å². The fourth-order valence-electron chi connectivity index (χ4n) is 2.28. The number of benzene rings is 2. The summed E-state index contributed by atoms with van der Waals surface area (Å²) in [6.07, 6.45) is -0.286. The van der Waals surface area contributed by atoms with Crippen molar-refractivity contribution < 1.29 is 23.8 Å². The van der Waals surface area contributed by atoms with Gasteiger partial charge in [0.05, 0.1) is 25.5 Å². The van der Waals surface area contributed by atoms with Crippen molar-refractivity contribution in [3.63, 3.8) is 0 Å². The maximum atomic E-state index is 12.6. The van der Waals surface area contributed by atoms with Crippen LogP contribution >= 0.6 is 0 Å². The van der Waals surface area contributed by atoms with Crippen molar-refractivity contribution in [2.75, 3.05) is 19.5 Å². The van der Waals surface area contributed by atoms with Gasteiger partial charge in [0.1, 0.15) is 0 Å². The van der Waals surface area contributed by atoms with Gasteiger partial charge in [0, 0.05) is 0 Å². The Kier molecular flexibility index (Phi) is 6.39. The van der Waals surface area contributed by atoms with E-state index in [1.807, 2.05) is 13.0 Å². The summed E-state index contributed by atoms with van der Waals surface area (Å²) in [5.74, 6) is 0.149. The monoisotopic (exact) mass is 343 g/mol. The van der Waals surface area contributed by atoms with Crippen molar-refractivity contribution in [3.8, 4) is 11.5 Å². The van der Waals surface area contributed by atoms with E-state index in [4.69, 9.17) is 14.2 Å². The summed E-state index contributed by atoms with van der Waals surface area (Å²) in [5, 5.41) is 2.73. The highest BCUT2D eigenvalue weighted by atomic mass is 16.5. The molecule has 25 heavy (non-hydrogen) atoms. The number of carbonyl (C=O) groups excluding carboxylic acids is 2. The SMILES string of the molecule is CC[C@H](Oc1ccccc1OC)C(=O)Nc1ccccc1C(=O)OC. The minimum absolute atomic E-state index is 0.283. The summed E-state index contributed by atoms with van der Waals surface area (Å²) in [4.78, 5) is 24.4. The number of carbonyl (C=O) groups is 2. The third-order valence-corrected chi connectivity index (χ3v) is 3.59. The molecule has 0 heterocycles. The van der Waals surface area contributed by atoms with Gasteiger partial charge < -0.3 is 19.5 Å². The van der Waals surface area contributed by atoms with Crippen LogP contribution in [0.5, 0.6) is 11.5 Å². The molecular weight excluding hydrogens is 322 g/mol. The van der Waals surface area contributed by atoms with Gasteiger partial charge in [0.15, 0.2) is 17.6 Å². The molecular formula is C19H21NO5. The van der Waals surface area contributed by atoms with E-state index in [-0.39, 0.29) is 11.5 Å². The van der Waals surface area contributed by atoms with Crippen LogP contribution in [0.1, 0.15) is 23.7 Å². The summed E-state index contributed by atoms with van der Waals surface area (Å²) in [5.41, 5.74) is 0.659. The smallest absolute Gasteiger partial charge is 0.339 e. The fourth-order valence-corrected chi connectivity index (χ4v) is 2.28. The standard InChI is InChI=1S/C19H21NO5/c1-4-15(25-17-12-8-7-11-16(17)23-2)18(21)20-14-10-6-5-9-13(14)19(22)24-3/h5-12,15H,4H2,1-3H3,(H,20,21)/t15-/m0/s1. The molecule has 0 aliphatic heterocycles. The van der Waals surface area contributed by atoms with E-state index in [9.17, 15) is 9.59 Å². The summed E-state index contributed by atoms with van der Waals surface area (Å²) in [6.45, 7) is 1.84. The molecule has 6 heteroatoms. The molecule has 2 aromatic rings. The lowest BCUT2D eigenvalue weighted by Gasteiger charge is -2.19. The third-order valence-electron chi connectivity index (χ3n) is 3.59. The van der Waals surface area contributed by atoms with E-state index in [1.165, 1.54) is 14.2 Å². The molecule has 132 valence electrons. The van der Waals surface area contributed by atoms with Gasteiger partial charge in [0.25, 0.3) is 5.91 Å². The first-order valence-electron chi connectivity index (χ1n) is 7.88. The van der Waals surface area contributed by atoms with Gasteiger partial charge >= 0.3 is 5.97 Å². The lowest BCUT2D eigenvalue weighted by molar-refractivity contribution is -0.122. The normalized spacial score (nSPS) is 11.3. The predicted octanol–water partition coefficient (Wildman–Crippen LogP) is 3.28.